The highest BCUT2D eigenvalue weighted by molar-refractivity contribution is 7.89. The van der Waals surface area contributed by atoms with Gasteiger partial charge in [0.15, 0.2) is 0 Å². The zero-order valence-corrected chi connectivity index (χ0v) is 14.3. The van der Waals surface area contributed by atoms with Gasteiger partial charge >= 0.3 is 0 Å². The number of amides is 1. The second-order valence-corrected chi connectivity index (χ2v) is 7.41. The van der Waals surface area contributed by atoms with Gasteiger partial charge in [-0.25, -0.2) is 8.42 Å². The number of benzene rings is 1. The van der Waals surface area contributed by atoms with Crippen LogP contribution in [0.25, 0.3) is 0 Å². The molecule has 23 heavy (non-hydrogen) atoms. The van der Waals surface area contributed by atoms with E-state index in [9.17, 15) is 13.2 Å². The Morgan fingerprint density at radius 1 is 1.39 bits per heavy atom. The van der Waals surface area contributed by atoms with Crippen molar-refractivity contribution in [2.24, 2.45) is 0 Å². The van der Waals surface area contributed by atoms with E-state index in [1.165, 1.54) is 4.31 Å². The lowest BCUT2D eigenvalue weighted by atomic mass is 10.2. The van der Waals surface area contributed by atoms with Crippen molar-refractivity contribution in [1.29, 1.82) is 5.26 Å². The van der Waals surface area contributed by atoms with Crippen LogP contribution in [0.4, 0.5) is 5.69 Å². The molecule has 1 amide bonds. The predicted molar refractivity (Wildman–Crippen MR) is 87.4 cm³/mol. The molecule has 0 aliphatic carbocycles. The van der Waals surface area contributed by atoms with E-state index in [1.54, 1.807) is 36.9 Å². The maximum atomic E-state index is 12.7. The Balaban J connectivity index is 2.32. The van der Waals surface area contributed by atoms with Crippen molar-refractivity contribution in [3.63, 3.8) is 0 Å². The van der Waals surface area contributed by atoms with Crippen molar-refractivity contribution >= 4 is 21.6 Å². The normalized spacial score (nSPS) is 15.2. The highest BCUT2D eigenvalue weighted by atomic mass is 32.2. The van der Waals surface area contributed by atoms with Gasteiger partial charge in [0.25, 0.3) is 0 Å². The maximum Gasteiger partial charge on any atom is 0.243 e. The summed E-state index contributed by atoms with van der Waals surface area (Å²) < 4.78 is 26.8. The number of hydrogen-bond acceptors (Lipinski definition) is 4. The van der Waals surface area contributed by atoms with Gasteiger partial charge in [0.1, 0.15) is 0 Å². The Labute approximate surface area is 137 Å². The molecular weight excluding hydrogens is 314 g/mol. The summed E-state index contributed by atoms with van der Waals surface area (Å²) in [5.74, 6) is 0.0733. The summed E-state index contributed by atoms with van der Waals surface area (Å²) in [6, 6.07) is 6.95. The Bertz CT molecular complexity index is 737. The van der Waals surface area contributed by atoms with Crippen LogP contribution in [0.5, 0.6) is 0 Å². The molecule has 0 spiro atoms. The smallest absolute Gasteiger partial charge is 0.243 e. The van der Waals surface area contributed by atoms with Crippen LogP contribution in [0.1, 0.15) is 31.7 Å². The topological polar surface area (TPSA) is 81.5 Å². The largest absolute Gasteiger partial charge is 0.312 e. The van der Waals surface area contributed by atoms with Gasteiger partial charge in [0, 0.05) is 38.2 Å². The summed E-state index contributed by atoms with van der Waals surface area (Å²) in [6.07, 6.45) is 1.53. The van der Waals surface area contributed by atoms with Crippen molar-refractivity contribution in [2.75, 3.05) is 24.5 Å². The first-order valence-corrected chi connectivity index (χ1v) is 9.14. The van der Waals surface area contributed by atoms with Crippen LogP contribution in [-0.4, -0.2) is 38.3 Å². The molecule has 0 atom stereocenters. The summed E-state index contributed by atoms with van der Waals surface area (Å²) in [4.78, 5) is 13.7. The molecule has 1 saturated heterocycles. The fourth-order valence-corrected chi connectivity index (χ4v) is 4.43. The molecule has 124 valence electrons. The molecule has 7 heteroatoms. The lowest BCUT2D eigenvalue weighted by Crippen LogP contribution is -2.32. The molecule has 1 aliphatic heterocycles. The number of carbonyl (C=O) groups is 1. The van der Waals surface area contributed by atoms with E-state index in [2.05, 4.69) is 0 Å². The molecule has 1 aliphatic rings. The molecule has 0 saturated carbocycles. The minimum Gasteiger partial charge on any atom is -0.312 e. The van der Waals surface area contributed by atoms with E-state index in [1.807, 2.05) is 6.07 Å². The van der Waals surface area contributed by atoms with Crippen LogP contribution < -0.4 is 4.90 Å². The van der Waals surface area contributed by atoms with Crippen molar-refractivity contribution in [3.8, 4) is 6.07 Å². The molecular formula is C16H21N3O3S. The highest BCUT2D eigenvalue weighted by Crippen LogP contribution is 2.27. The lowest BCUT2D eigenvalue weighted by Gasteiger charge is -2.22. The number of nitriles is 1. The van der Waals surface area contributed by atoms with Crippen molar-refractivity contribution < 1.29 is 13.2 Å². The number of hydrogen-bond donors (Lipinski definition) is 0. The SMILES string of the molecule is CCN(CCC#N)S(=O)(=O)c1ccc(N2CCCC2=O)cc1C. The molecule has 1 aromatic rings. The molecule has 1 heterocycles. The minimum atomic E-state index is -3.63. The van der Waals surface area contributed by atoms with E-state index in [0.717, 1.165) is 12.1 Å². The van der Waals surface area contributed by atoms with E-state index in [-0.39, 0.29) is 23.8 Å². The van der Waals surface area contributed by atoms with E-state index in [4.69, 9.17) is 5.26 Å². The van der Waals surface area contributed by atoms with Crippen LogP contribution in [-0.2, 0) is 14.8 Å². The molecule has 6 nitrogen and oxygen atoms in total. The molecule has 2 rings (SSSR count). The molecule has 0 radical (unpaired) electrons. The summed E-state index contributed by atoms with van der Waals surface area (Å²) in [5.41, 5.74) is 1.35. The number of rotatable bonds is 6. The zero-order chi connectivity index (χ0) is 17.0. The van der Waals surface area contributed by atoms with Gasteiger partial charge < -0.3 is 4.90 Å². The standard InChI is InChI=1S/C16H21N3O3S/c1-3-18(10-5-9-17)23(21,22)15-8-7-14(12-13(15)2)19-11-4-6-16(19)20/h7-8,12H,3-6,10-11H2,1-2H3. The Morgan fingerprint density at radius 2 is 2.13 bits per heavy atom. The van der Waals surface area contributed by atoms with Gasteiger partial charge in [-0.15, -0.1) is 0 Å². The molecule has 0 N–H and O–H groups in total. The average Bonchev–Trinajstić information content (AvgIpc) is 2.93. The van der Waals surface area contributed by atoms with Crippen molar-refractivity contribution in [1.82, 2.24) is 4.31 Å². The van der Waals surface area contributed by atoms with Crippen LogP contribution >= 0.6 is 0 Å². The predicted octanol–water partition coefficient (Wildman–Crippen LogP) is 2.05. The first-order valence-electron chi connectivity index (χ1n) is 7.70. The Kier molecular flexibility index (Phi) is 5.39. The monoisotopic (exact) mass is 335 g/mol. The third kappa shape index (κ3) is 3.54. The second-order valence-electron chi connectivity index (χ2n) is 5.50. The summed E-state index contributed by atoms with van der Waals surface area (Å²) in [5, 5.41) is 8.68. The van der Waals surface area contributed by atoms with E-state index < -0.39 is 10.0 Å². The van der Waals surface area contributed by atoms with Crippen molar-refractivity contribution in [2.45, 2.75) is 38.0 Å². The second kappa shape index (κ2) is 7.11. The fourth-order valence-electron chi connectivity index (χ4n) is 2.77. The average molecular weight is 335 g/mol. The van der Waals surface area contributed by atoms with Crippen LogP contribution in [0.3, 0.4) is 0 Å². The van der Waals surface area contributed by atoms with Gasteiger partial charge in [-0.2, -0.15) is 9.57 Å². The summed E-state index contributed by atoms with van der Waals surface area (Å²) in [6.45, 7) is 4.65. The number of aryl methyl sites for hydroxylation is 1. The number of anilines is 1. The van der Waals surface area contributed by atoms with E-state index >= 15 is 0 Å². The van der Waals surface area contributed by atoms with Gasteiger partial charge in [-0.1, -0.05) is 6.92 Å². The number of sulfonamides is 1. The molecule has 0 aromatic heterocycles. The molecule has 0 bridgehead atoms. The number of carbonyl (C=O) groups excluding carboxylic acids is 1. The minimum absolute atomic E-state index is 0.0733. The quantitative estimate of drug-likeness (QED) is 0.796. The highest BCUT2D eigenvalue weighted by Gasteiger charge is 2.26. The van der Waals surface area contributed by atoms with Gasteiger partial charge in [-0.05, 0) is 37.1 Å². The van der Waals surface area contributed by atoms with E-state index in [0.29, 0.717) is 25.1 Å². The first kappa shape index (κ1) is 17.4. The molecule has 0 unspecified atom stereocenters. The fraction of sp³-hybridized carbons (Fsp3) is 0.500. The van der Waals surface area contributed by atoms with Gasteiger partial charge in [0.05, 0.1) is 11.0 Å². The molecule has 1 aromatic carbocycles. The third-order valence-corrected chi connectivity index (χ3v) is 6.12. The summed E-state index contributed by atoms with van der Waals surface area (Å²) >= 11 is 0. The van der Waals surface area contributed by atoms with Crippen LogP contribution in [0.15, 0.2) is 23.1 Å². The van der Waals surface area contributed by atoms with Crippen LogP contribution in [0, 0.1) is 18.3 Å². The third-order valence-electron chi connectivity index (χ3n) is 3.99. The Morgan fingerprint density at radius 3 is 2.65 bits per heavy atom. The van der Waals surface area contributed by atoms with Crippen molar-refractivity contribution in [3.05, 3.63) is 23.8 Å². The van der Waals surface area contributed by atoms with Gasteiger partial charge in [-0.3, -0.25) is 4.79 Å². The first-order chi connectivity index (χ1) is 10.9. The maximum absolute atomic E-state index is 12.7. The Hall–Kier alpha value is -1.91. The lowest BCUT2D eigenvalue weighted by molar-refractivity contribution is -0.117. The van der Waals surface area contributed by atoms with Gasteiger partial charge in [0.2, 0.25) is 15.9 Å². The number of nitrogens with zero attached hydrogens (tertiary/aromatic N) is 3. The molecule has 1 fully saturated rings. The summed E-state index contributed by atoms with van der Waals surface area (Å²) in [7, 11) is -3.63. The zero-order valence-electron chi connectivity index (χ0n) is 13.4. The van der Waals surface area contributed by atoms with Crippen LogP contribution in [0.2, 0.25) is 0 Å².